The molecule has 0 atom stereocenters. The van der Waals surface area contributed by atoms with E-state index >= 15 is 0 Å². The van der Waals surface area contributed by atoms with E-state index in [1.165, 1.54) is 0 Å². The van der Waals surface area contributed by atoms with Gasteiger partial charge in [-0.25, -0.2) is 15.0 Å². The van der Waals surface area contributed by atoms with Gasteiger partial charge in [0.1, 0.15) is 12.1 Å². The van der Waals surface area contributed by atoms with Crippen molar-refractivity contribution in [1.29, 1.82) is 0 Å². The Morgan fingerprint density at radius 2 is 2.00 bits per heavy atom. The Morgan fingerprint density at radius 1 is 1.14 bits per heavy atom. The zero-order valence-corrected chi connectivity index (χ0v) is 13.2. The lowest BCUT2D eigenvalue weighted by atomic mass is 10.2. The third kappa shape index (κ3) is 2.44. The number of nitrogens with zero attached hydrogens (tertiary/aromatic N) is 7. The molecule has 0 aliphatic carbocycles. The van der Waals surface area contributed by atoms with Gasteiger partial charge in [0, 0.05) is 45.2 Å². The van der Waals surface area contributed by atoms with Crippen LogP contribution in [-0.4, -0.2) is 55.8 Å². The van der Waals surface area contributed by atoms with Crippen molar-refractivity contribution in [2.24, 2.45) is 7.05 Å². The molecule has 0 aromatic carbocycles. The highest BCUT2D eigenvalue weighted by atomic mass is 32.1. The van der Waals surface area contributed by atoms with Crippen LogP contribution in [0.25, 0.3) is 11.0 Å². The number of hydrogen-bond acceptors (Lipinski definition) is 7. The topological polar surface area (TPSA) is 63.0 Å². The molecule has 4 heterocycles. The van der Waals surface area contributed by atoms with Gasteiger partial charge in [-0.05, 0) is 0 Å². The van der Waals surface area contributed by atoms with Crippen LogP contribution in [0.2, 0.25) is 0 Å². The maximum atomic E-state index is 4.48. The lowest BCUT2D eigenvalue weighted by molar-refractivity contribution is 0.247. The predicted molar refractivity (Wildman–Crippen MR) is 85.9 cm³/mol. The zero-order chi connectivity index (χ0) is 14.9. The van der Waals surface area contributed by atoms with Gasteiger partial charge in [-0.1, -0.05) is 0 Å². The molecule has 114 valence electrons. The van der Waals surface area contributed by atoms with Crippen LogP contribution >= 0.6 is 11.3 Å². The molecule has 8 heteroatoms. The summed E-state index contributed by atoms with van der Waals surface area (Å²) in [5.74, 6) is 0.992. The third-order valence-electron chi connectivity index (χ3n) is 4.05. The van der Waals surface area contributed by atoms with Gasteiger partial charge in [0.25, 0.3) is 0 Å². The van der Waals surface area contributed by atoms with Gasteiger partial charge in [0.15, 0.2) is 5.65 Å². The summed E-state index contributed by atoms with van der Waals surface area (Å²) in [7, 11) is 1.91. The predicted octanol–water partition coefficient (Wildman–Crippen LogP) is 1.14. The van der Waals surface area contributed by atoms with Crippen LogP contribution in [0.5, 0.6) is 0 Å². The Hall–Kier alpha value is -2.06. The van der Waals surface area contributed by atoms with Crippen molar-refractivity contribution in [2.45, 2.75) is 6.54 Å². The van der Waals surface area contributed by atoms with Crippen LogP contribution < -0.4 is 4.90 Å². The van der Waals surface area contributed by atoms with Gasteiger partial charge < -0.3 is 4.90 Å². The molecular weight excluding hydrogens is 298 g/mol. The number of fused-ring (bicyclic) bond motifs is 1. The van der Waals surface area contributed by atoms with E-state index in [2.05, 4.69) is 35.2 Å². The first kappa shape index (κ1) is 13.6. The van der Waals surface area contributed by atoms with Gasteiger partial charge in [-0.15, -0.1) is 11.3 Å². The first-order valence-corrected chi connectivity index (χ1v) is 8.22. The van der Waals surface area contributed by atoms with E-state index in [1.54, 1.807) is 22.3 Å². The fraction of sp³-hybridized carbons (Fsp3) is 0.429. The Balaban J connectivity index is 1.48. The molecule has 0 radical (unpaired) electrons. The molecule has 1 aliphatic heterocycles. The van der Waals surface area contributed by atoms with Crippen LogP contribution in [-0.2, 0) is 13.6 Å². The van der Waals surface area contributed by atoms with Gasteiger partial charge in [0.05, 0.1) is 22.8 Å². The van der Waals surface area contributed by atoms with E-state index in [0.717, 1.165) is 55.3 Å². The second-order valence-corrected chi connectivity index (χ2v) is 6.16. The Kier molecular flexibility index (Phi) is 3.47. The van der Waals surface area contributed by atoms with E-state index in [-0.39, 0.29) is 0 Å². The van der Waals surface area contributed by atoms with Crippen LogP contribution in [0.3, 0.4) is 0 Å². The van der Waals surface area contributed by atoms with Crippen LogP contribution in [0.15, 0.2) is 23.4 Å². The highest BCUT2D eigenvalue weighted by Crippen LogP contribution is 2.23. The van der Waals surface area contributed by atoms with Crippen molar-refractivity contribution in [3.05, 3.63) is 29.1 Å². The van der Waals surface area contributed by atoms with Crippen LogP contribution in [0.4, 0.5) is 5.82 Å². The Bertz CT molecular complexity index is 759. The van der Waals surface area contributed by atoms with Crippen molar-refractivity contribution < 1.29 is 0 Å². The van der Waals surface area contributed by atoms with Crippen molar-refractivity contribution in [3.8, 4) is 0 Å². The van der Waals surface area contributed by atoms with Crippen molar-refractivity contribution in [2.75, 3.05) is 31.1 Å². The Labute approximate surface area is 132 Å². The summed E-state index contributed by atoms with van der Waals surface area (Å²) in [5, 5.41) is 7.43. The average molecular weight is 315 g/mol. The number of piperazine rings is 1. The van der Waals surface area contributed by atoms with E-state index in [0.29, 0.717) is 0 Å². The highest BCUT2D eigenvalue weighted by Gasteiger charge is 2.21. The largest absolute Gasteiger partial charge is 0.353 e. The summed E-state index contributed by atoms with van der Waals surface area (Å²) in [5.41, 5.74) is 3.94. The molecule has 0 spiro atoms. The van der Waals surface area contributed by atoms with E-state index in [1.807, 2.05) is 18.8 Å². The first-order chi connectivity index (χ1) is 10.8. The summed E-state index contributed by atoms with van der Waals surface area (Å²) in [6, 6.07) is 0. The normalized spacial score (nSPS) is 16.5. The fourth-order valence-electron chi connectivity index (χ4n) is 2.86. The SMILES string of the molecule is Cn1ncc2c(N3CCN(Cc4cscn4)CC3)ncnc21. The average Bonchev–Trinajstić information content (AvgIpc) is 3.18. The summed E-state index contributed by atoms with van der Waals surface area (Å²) >= 11 is 1.65. The summed E-state index contributed by atoms with van der Waals surface area (Å²) in [6.45, 7) is 4.90. The molecule has 0 amide bonds. The van der Waals surface area contributed by atoms with Crippen molar-refractivity contribution >= 4 is 28.2 Å². The van der Waals surface area contributed by atoms with E-state index in [4.69, 9.17) is 0 Å². The Morgan fingerprint density at radius 3 is 2.77 bits per heavy atom. The monoisotopic (exact) mass is 315 g/mol. The molecule has 1 saturated heterocycles. The lowest BCUT2D eigenvalue weighted by Crippen LogP contribution is -2.46. The van der Waals surface area contributed by atoms with E-state index in [9.17, 15) is 0 Å². The lowest BCUT2D eigenvalue weighted by Gasteiger charge is -2.35. The number of rotatable bonds is 3. The minimum Gasteiger partial charge on any atom is -0.353 e. The van der Waals surface area contributed by atoms with Gasteiger partial charge in [-0.3, -0.25) is 9.58 Å². The number of aryl methyl sites for hydroxylation is 1. The molecule has 3 aromatic rings. The molecule has 3 aromatic heterocycles. The molecule has 0 saturated carbocycles. The second kappa shape index (κ2) is 5.62. The summed E-state index contributed by atoms with van der Waals surface area (Å²) in [6.07, 6.45) is 3.48. The molecule has 1 fully saturated rings. The first-order valence-electron chi connectivity index (χ1n) is 7.28. The fourth-order valence-corrected chi connectivity index (χ4v) is 3.41. The molecular formula is C14H17N7S. The van der Waals surface area contributed by atoms with Crippen molar-refractivity contribution in [1.82, 2.24) is 29.6 Å². The molecule has 7 nitrogen and oxygen atoms in total. The number of thiazole rings is 1. The van der Waals surface area contributed by atoms with Crippen molar-refractivity contribution in [3.63, 3.8) is 0 Å². The quantitative estimate of drug-likeness (QED) is 0.722. The molecule has 0 N–H and O–H groups in total. The molecule has 4 rings (SSSR count). The summed E-state index contributed by atoms with van der Waals surface area (Å²) < 4.78 is 1.79. The van der Waals surface area contributed by atoms with Crippen LogP contribution in [0.1, 0.15) is 5.69 Å². The minimum atomic E-state index is 0.884. The highest BCUT2D eigenvalue weighted by molar-refractivity contribution is 7.07. The van der Waals surface area contributed by atoms with Gasteiger partial charge in [0.2, 0.25) is 0 Å². The number of hydrogen-bond donors (Lipinski definition) is 0. The molecule has 0 unspecified atom stereocenters. The minimum absolute atomic E-state index is 0.884. The zero-order valence-electron chi connectivity index (χ0n) is 12.4. The standard InChI is InChI=1S/C14H17N7S/c1-19-13-12(6-18-19)14(16-9-15-13)21-4-2-20(3-5-21)7-11-8-22-10-17-11/h6,8-10H,2-5,7H2,1H3. The third-order valence-corrected chi connectivity index (χ3v) is 4.68. The van der Waals surface area contributed by atoms with Gasteiger partial charge in [-0.2, -0.15) is 5.10 Å². The summed E-state index contributed by atoms with van der Waals surface area (Å²) in [4.78, 5) is 17.9. The second-order valence-electron chi connectivity index (χ2n) is 5.45. The van der Waals surface area contributed by atoms with E-state index < -0.39 is 0 Å². The maximum Gasteiger partial charge on any atom is 0.163 e. The number of aromatic nitrogens is 5. The molecule has 1 aliphatic rings. The maximum absolute atomic E-state index is 4.48. The smallest absolute Gasteiger partial charge is 0.163 e. The molecule has 0 bridgehead atoms. The molecule has 22 heavy (non-hydrogen) atoms. The van der Waals surface area contributed by atoms with Crippen LogP contribution in [0, 0.1) is 0 Å². The number of anilines is 1. The van der Waals surface area contributed by atoms with Gasteiger partial charge >= 0.3 is 0 Å².